The summed E-state index contributed by atoms with van der Waals surface area (Å²) in [5, 5.41) is 12.2. The first-order chi connectivity index (χ1) is 21.2. The second-order valence-electron chi connectivity index (χ2n) is 13.6. The van der Waals surface area contributed by atoms with Gasteiger partial charge in [-0.25, -0.2) is 0 Å². The third kappa shape index (κ3) is 12.7. The molecule has 10 nitrogen and oxygen atoms in total. The van der Waals surface area contributed by atoms with Crippen LogP contribution in [0.1, 0.15) is 106 Å². The van der Waals surface area contributed by atoms with Crippen molar-refractivity contribution in [1.29, 1.82) is 0 Å². The number of carbonyl (C=O) groups excluding carboxylic acids is 4. The second-order valence-corrected chi connectivity index (χ2v) is 13.6. The maximum Gasteiger partial charge on any atom is 0.250 e. The lowest BCUT2D eigenvalue weighted by Crippen LogP contribution is -2.56. The number of carbonyl (C=O) groups is 4. The van der Waals surface area contributed by atoms with Gasteiger partial charge in [0, 0.05) is 40.2 Å². The van der Waals surface area contributed by atoms with Gasteiger partial charge in [0.1, 0.15) is 12.1 Å². The number of hydrogen-bond acceptors (Lipinski definition) is 6. The highest BCUT2D eigenvalue weighted by molar-refractivity contribution is 5.94. The maximum atomic E-state index is 14.2. The van der Waals surface area contributed by atoms with E-state index < -0.39 is 18.0 Å². The van der Waals surface area contributed by atoms with Crippen molar-refractivity contribution >= 4 is 23.6 Å². The largest absolute Gasteiger partial charge is 0.394 e. The average molecular weight is 637 g/mol. The Morgan fingerprint density at radius 1 is 0.867 bits per heavy atom. The van der Waals surface area contributed by atoms with Crippen molar-refractivity contribution in [3.05, 3.63) is 11.1 Å². The Morgan fingerprint density at radius 2 is 1.47 bits per heavy atom. The van der Waals surface area contributed by atoms with Crippen LogP contribution in [0.15, 0.2) is 11.1 Å². The molecule has 0 spiro atoms. The Hall–Kier alpha value is -2.46. The molecule has 1 saturated carbocycles. The lowest BCUT2D eigenvalue weighted by atomic mass is 9.88. The van der Waals surface area contributed by atoms with Gasteiger partial charge in [-0.3, -0.25) is 19.2 Å². The minimum absolute atomic E-state index is 0.0445. The molecule has 0 aliphatic heterocycles. The van der Waals surface area contributed by atoms with Crippen LogP contribution in [0.3, 0.4) is 0 Å². The van der Waals surface area contributed by atoms with Crippen LogP contribution in [0.2, 0.25) is 0 Å². The number of nitrogens with zero attached hydrogens (tertiary/aromatic N) is 3. The lowest BCUT2D eigenvalue weighted by molar-refractivity contribution is -0.146. The summed E-state index contributed by atoms with van der Waals surface area (Å²) in [5.41, 5.74) is 2.13. The summed E-state index contributed by atoms with van der Waals surface area (Å²) in [6.07, 6.45) is 7.52. The van der Waals surface area contributed by atoms with E-state index in [1.807, 2.05) is 20.8 Å². The van der Waals surface area contributed by atoms with Crippen molar-refractivity contribution < 1.29 is 29.0 Å². The zero-order chi connectivity index (χ0) is 34.3. The molecular weight excluding hydrogens is 572 g/mol. The van der Waals surface area contributed by atoms with Crippen LogP contribution in [-0.2, 0) is 23.9 Å². The predicted octanol–water partition coefficient (Wildman–Crippen LogP) is 4.40. The van der Waals surface area contributed by atoms with Crippen LogP contribution in [0.25, 0.3) is 0 Å². The number of rotatable bonds is 19. The predicted molar refractivity (Wildman–Crippen MR) is 179 cm³/mol. The maximum absolute atomic E-state index is 14.2. The standard InChI is InChI=1S/C35H64N4O6/c1-11-29(20-24(3)4)37(8)34(43)28(23-45-19-18-40)22-36-33(42)30(21-25(5)6)38(9)35(44)32(39(10)31(41)12-2)26(7)27-16-14-13-15-17-27/h24-25,28-30,32,40H,11-23H2,1-10H3,(H,36,42)/t28-,29+,30-,32-/m0/s1. The lowest BCUT2D eigenvalue weighted by Gasteiger charge is -2.37. The molecule has 1 aliphatic carbocycles. The molecule has 10 heteroatoms. The van der Waals surface area contributed by atoms with E-state index in [0.29, 0.717) is 12.3 Å². The van der Waals surface area contributed by atoms with Crippen LogP contribution in [0.4, 0.5) is 0 Å². The number of nitrogens with one attached hydrogen (secondary N) is 1. The first-order valence-electron chi connectivity index (χ1n) is 17.1. The Morgan fingerprint density at radius 3 is 1.98 bits per heavy atom. The quantitative estimate of drug-likeness (QED) is 0.160. The van der Waals surface area contributed by atoms with Gasteiger partial charge in [0.25, 0.3) is 0 Å². The summed E-state index contributed by atoms with van der Waals surface area (Å²) in [4.78, 5) is 59.4. The van der Waals surface area contributed by atoms with E-state index in [2.05, 4.69) is 26.1 Å². The van der Waals surface area contributed by atoms with Gasteiger partial charge in [-0.1, -0.05) is 53.5 Å². The van der Waals surface area contributed by atoms with Crippen LogP contribution in [0.5, 0.6) is 0 Å². The molecule has 1 aliphatic rings. The van der Waals surface area contributed by atoms with Crippen LogP contribution in [0, 0.1) is 17.8 Å². The third-order valence-electron chi connectivity index (χ3n) is 9.09. The second kappa shape index (κ2) is 20.6. The van der Waals surface area contributed by atoms with Gasteiger partial charge >= 0.3 is 0 Å². The van der Waals surface area contributed by atoms with Crippen molar-refractivity contribution in [2.45, 2.75) is 124 Å². The molecule has 0 bridgehead atoms. The number of aliphatic hydroxyl groups excluding tert-OH is 1. The summed E-state index contributed by atoms with van der Waals surface area (Å²) in [5.74, 6) is -0.992. The average Bonchev–Trinajstić information content (AvgIpc) is 3.02. The number of allylic oxidation sites excluding steroid dienone is 1. The fourth-order valence-corrected chi connectivity index (χ4v) is 6.30. The molecule has 1 fully saturated rings. The molecule has 45 heavy (non-hydrogen) atoms. The summed E-state index contributed by atoms with van der Waals surface area (Å²) >= 11 is 0. The summed E-state index contributed by atoms with van der Waals surface area (Å²) in [6, 6.07) is -1.50. The van der Waals surface area contributed by atoms with E-state index in [4.69, 9.17) is 4.74 Å². The Bertz CT molecular complexity index is 973. The number of aliphatic hydroxyl groups is 1. The highest BCUT2D eigenvalue weighted by Crippen LogP contribution is 2.29. The molecule has 0 aromatic heterocycles. The number of ether oxygens (including phenoxy) is 1. The molecule has 0 heterocycles. The first kappa shape index (κ1) is 40.6. The van der Waals surface area contributed by atoms with Crippen molar-refractivity contribution in [2.24, 2.45) is 17.8 Å². The SMILES string of the molecule is CCC(=O)N(C)[C@H](C(=O)N(C)[C@@H](CC(C)C)C(=O)NC[C@@H](COCCO)C(=O)N(C)[C@H](CC)CC(C)C)C(C)=C1CCCCC1. The number of likely N-dealkylation sites (N-methyl/N-ethyl adjacent to an activating group) is 2. The van der Waals surface area contributed by atoms with E-state index in [-0.39, 0.29) is 68.4 Å². The highest BCUT2D eigenvalue weighted by Gasteiger charge is 2.37. The molecular formula is C35H64N4O6. The molecule has 2 N–H and O–H groups in total. The molecule has 0 radical (unpaired) electrons. The van der Waals surface area contributed by atoms with Crippen LogP contribution < -0.4 is 5.32 Å². The smallest absolute Gasteiger partial charge is 0.250 e. The normalized spacial score (nSPS) is 16.2. The van der Waals surface area contributed by atoms with E-state index in [1.165, 1.54) is 15.4 Å². The van der Waals surface area contributed by atoms with Crippen molar-refractivity contribution in [2.75, 3.05) is 47.5 Å². The summed E-state index contributed by atoms with van der Waals surface area (Å²) in [7, 11) is 5.11. The molecule has 4 atom stereocenters. The number of amides is 4. The van der Waals surface area contributed by atoms with Crippen molar-refractivity contribution in [3.8, 4) is 0 Å². The Balaban J connectivity index is 3.29. The van der Waals surface area contributed by atoms with E-state index in [1.54, 1.807) is 33.0 Å². The monoisotopic (exact) mass is 636 g/mol. The fraction of sp³-hybridized carbons (Fsp3) is 0.829. The van der Waals surface area contributed by atoms with Crippen LogP contribution >= 0.6 is 0 Å². The first-order valence-corrected chi connectivity index (χ1v) is 17.1. The Kier molecular flexibility index (Phi) is 18.6. The minimum atomic E-state index is -0.787. The van der Waals surface area contributed by atoms with Gasteiger partial charge in [0.05, 0.1) is 25.7 Å². The third-order valence-corrected chi connectivity index (χ3v) is 9.09. The summed E-state index contributed by atoms with van der Waals surface area (Å²) in [6.45, 7) is 14.1. The van der Waals surface area contributed by atoms with E-state index in [0.717, 1.165) is 50.5 Å². The Labute approximate surface area is 273 Å². The molecule has 0 aromatic rings. The van der Waals surface area contributed by atoms with E-state index >= 15 is 0 Å². The van der Waals surface area contributed by atoms with Crippen molar-refractivity contribution in [1.82, 2.24) is 20.0 Å². The molecule has 0 aromatic carbocycles. The van der Waals surface area contributed by atoms with Gasteiger partial charge in [-0.2, -0.15) is 0 Å². The van der Waals surface area contributed by atoms with E-state index in [9.17, 15) is 24.3 Å². The fourth-order valence-electron chi connectivity index (χ4n) is 6.30. The molecule has 4 amide bonds. The zero-order valence-electron chi connectivity index (χ0n) is 30.0. The highest BCUT2D eigenvalue weighted by atomic mass is 16.5. The van der Waals surface area contributed by atoms with Gasteiger partial charge in [0.2, 0.25) is 23.6 Å². The van der Waals surface area contributed by atoms with Gasteiger partial charge in [-0.05, 0) is 69.3 Å². The molecule has 0 saturated heterocycles. The molecule has 1 rings (SSSR count). The zero-order valence-corrected chi connectivity index (χ0v) is 30.0. The van der Waals surface area contributed by atoms with Gasteiger partial charge < -0.3 is 29.9 Å². The number of hydrogen-bond donors (Lipinski definition) is 2. The summed E-state index contributed by atoms with van der Waals surface area (Å²) < 4.78 is 5.57. The van der Waals surface area contributed by atoms with Crippen molar-refractivity contribution in [3.63, 3.8) is 0 Å². The van der Waals surface area contributed by atoms with Gasteiger partial charge in [0.15, 0.2) is 0 Å². The minimum Gasteiger partial charge on any atom is -0.394 e. The molecule has 0 unspecified atom stereocenters. The van der Waals surface area contributed by atoms with Gasteiger partial charge in [-0.15, -0.1) is 0 Å². The molecule has 260 valence electrons. The van der Waals surface area contributed by atoms with Crippen LogP contribution in [-0.4, -0.2) is 109 Å². The topological polar surface area (TPSA) is 119 Å².